The summed E-state index contributed by atoms with van der Waals surface area (Å²) in [4.78, 5) is 28.9. The van der Waals surface area contributed by atoms with Gasteiger partial charge in [0.05, 0.1) is 16.2 Å². The summed E-state index contributed by atoms with van der Waals surface area (Å²) in [5, 5.41) is 0. The molecule has 0 saturated heterocycles. The van der Waals surface area contributed by atoms with Crippen LogP contribution in [-0.4, -0.2) is 30.0 Å². The maximum absolute atomic E-state index is 12.4. The van der Waals surface area contributed by atoms with Crippen LogP contribution in [0.15, 0.2) is 52.3 Å². The van der Waals surface area contributed by atoms with Gasteiger partial charge in [-0.15, -0.1) is 0 Å². The summed E-state index contributed by atoms with van der Waals surface area (Å²) in [7, 11) is -3.44. The molecule has 0 fully saturated rings. The molecule has 0 aliphatic rings. The number of benzene rings is 1. The molecule has 0 aliphatic heterocycles. The highest BCUT2D eigenvalue weighted by Gasteiger charge is 2.16. The number of aromatic nitrogens is 2. The molecule has 8 heteroatoms. The zero-order valence-electron chi connectivity index (χ0n) is 15.1. The molecule has 0 unspecified atom stereocenters. The molecule has 0 aliphatic carbocycles. The molecule has 3 rings (SSSR count). The molecule has 7 nitrogen and oxygen atoms in total. The summed E-state index contributed by atoms with van der Waals surface area (Å²) < 4.78 is 30.0. The lowest BCUT2D eigenvalue weighted by Crippen LogP contribution is -2.17. The smallest absolute Gasteiger partial charge is 0.338 e. The summed E-state index contributed by atoms with van der Waals surface area (Å²) in [5.74, 6) is -0.677. The largest absolute Gasteiger partial charge is 0.456 e. The first-order valence-electron chi connectivity index (χ1n) is 8.12. The van der Waals surface area contributed by atoms with Crippen molar-refractivity contribution in [3.05, 3.63) is 75.3 Å². The van der Waals surface area contributed by atoms with Crippen LogP contribution in [0.1, 0.15) is 27.2 Å². The lowest BCUT2D eigenvalue weighted by atomic mass is 10.1. The number of esters is 1. The Morgan fingerprint density at radius 2 is 1.89 bits per heavy atom. The van der Waals surface area contributed by atoms with Gasteiger partial charge in [0, 0.05) is 18.5 Å². The molecule has 0 saturated carbocycles. The normalized spacial score (nSPS) is 11.5. The van der Waals surface area contributed by atoms with Crippen molar-refractivity contribution in [2.45, 2.75) is 25.3 Å². The minimum Gasteiger partial charge on any atom is -0.456 e. The zero-order chi connectivity index (χ0) is 19.8. The minimum absolute atomic E-state index is 0.0393. The second kappa shape index (κ2) is 6.96. The fourth-order valence-corrected chi connectivity index (χ4v) is 3.25. The molecule has 0 spiro atoms. The minimum atomic E-state index is -3.44. The van der Waals surface area contributed by atoms with E-state index >= 15 is 0 Å². The lowest BCUT2D eigenvalue weighted by Gasteiger charge is -2.09. The van der Waals surface area contributed by atoms with Crippen molar-refractivity contribution in [1.29, 1.82) is 0 Å². The summed E-state index contributed by atoms with van der Waals surface area (Å²) in [6, 6.07) is 9.13. The van der Waals surface area contributed by atoms with E-state index in [-0.39, 0.29) is 22.6 Å². The lowest BCUT2D eigenvalue weighted by molar-refractivity contribution is 0.0466. The Labute approximate surface area is 156 Å². The van der Waals surface area contributed by atoms with Crippen molar-refractivity contribution in [3.63, 3.8) is 0 Å². The van der Waals surface area contributed by atoms with Crippen molar-refractivity contribution in [2.75, 3.05) is 6.26 Å². The van der Waals surface area contributed by atoms with E-state index in [4.69, 9.17) is 4.74 Å². The zero-order valence-corrected chi connectivity index (χ0v) is 15.9. The van der Waals surface area contributed by atoms with Gasteiger partial charge in [-0.3, -0.25) is 9.20 Å². The number of hydrogen-bond acceptors (Lipinski definition) is 6. The predicted octanol–water partition coefficient (Wildman–Crippen LogP) is 2.07. The van der Waals surface area contributed by atoms with E-state index < -0.39 is 15.8 Å². The van der Waals surface area contributed by atoms with E-state index in [1.54, 1.807) is 25.3 Å². The number of nitrogens with zero attached hydrogens (tertiary/aromatic N) is 2. The fourth-order valence-electron chi connectivity index (χ4n) is 2.60. The van der Waals surface area contributed by atoms with Crippen LogP contribution in [0.5, 0.6) is 0 Å². The number of carbonyl (C=O) groups excluding carboxylic acids is 1. The molecule has 27 heavy (non-hydrogen) atoms. The number of ether oxygens (including phenoxy) is 1. The van der Waals surface area contributed by atoms with Crippen molar-refractivity contribution < 1.29 is 17.9 Å². The van der Waals surface area contributed by atoms with E-state index in [1.165, 1.54) is 22.6 Å². The number of fused-ring (bicyclic) bond motifs is 1. The van der Waals surface area contributed by atoms with E-state index in [9.17, 15) is 18.0 Å². The fraction of sp³-hybridized carbons (Fsp3) is 0.211. The summed E-state index contributed by atoms with van der Waals surface area (Å²) in [6.45, 7) is 3.36. The first-order chi connectivity index (χ1) is 12.6. The number of rotatable bonds is 4. The van der Waals surface area contributed by atoms with Crippen LogP contribution in [0.4, 0.5) is 0 Å². The second-order valence-corrected chi connectivity index (χ2v) is 8.36. The molecule has 0 atom stereocenters. The van der Waals surface area contributed by atoms with E-state index in [0.29, 0.717) is 16.9 Å². The van der Waals surface area contributed by atoms with Gasteiger partial charge in [0.25, 0.3) is 5.56 Å². The molecular weight excluding hydrogens is 368 g/mol. The van der Waals surface area contributed by atoms with Gasteiger partial charge in [-0.1, -0.05) is 12.1 Å². The van der Waals surface area contributed by atoms with Crippen molar-refractivity contribution in [1.82, 2.24) is 9.38 Å². The van der Waals surface area contributed by atoms with Gasteiger partial charge < -0.3 is 4.74 Å². The van der Waals surface area contributed by atoms with Crippen LogP contribution in [0.3, 0.4) is 0 Å². The predicted molar refractivity (Wildman–Crippen MR) is 99.6 cm³/mol. The Kier molecular flexibility index (Phi) is 4.84. The Morgan fingerprint density at radius 1 is 1.15 bits per heavy atom. The molecule has 3 aromatic rings. The number of sulfone groups is 1. The van der Waals surface area contributed by atoms with Crippen LogP contribution >= 0.6 is 0 Å². The van der Waals surface area contributed by atoms with Crippen molar-refractivity contribution in [3.8, 4) is 0 Å². The molecule has 0 N–H and O–H groups in total. The van der Waals surface area contributed by atoms with Crippen LogP contribution in [0.2, 0.25) is 0 Å². The Morgan fingerprint density at radius 3 is 2.59 bits per heavy atom. The Hall–Kier alpha value is -3.00. The van der Waals surface area contributed by atoms with Crippen LogP contribution in [0.25, 0.3) is 5.65 Å². The van der Waals surface area contributed by atoms with Crippen molar-refractivity contribution >= 4 is 21.5 Å². The van der Waals surface area contributed by atoms with Gasteiger partial charge in [0.2, 0.25) is 0 Å². The monoisotopic (exact) mass is 386 g/mol. The Bertz CT molecular complexity index is 1210. The molecule has 0 bridgehead atoms. The highest BCUT2D eigenvalue weighted by atomic mass is 32.2. The number of carbonyl (C=O) groups is 1. The number of aryl methyl sites for hydroxylation is 2. The van der Waals surface area contributed by atoms with Crippen LogP contribution in [0, 0.1) is 13.8 Å². The van der Waals surface area contributed by atoms with Crippen LogP contribution < -0.4 is 5.56 Å². The van der Waals surface area contributed by atoms with Gasteiger partial charge >= 0.3 is 5.97 Å². The van der Waals surface area contributed by atoms with Gasteiger partial charge in [0.1, 0.15) is 12.3 Å². The quantitative estimate of drug-likeness (QED) is 0.637. The van der Waals surface area contributed by atoms with E-state index in [2.05, 4.69) is 4.98 Å². The summed E-state index contributed by atoms with van der Waals surface area (Å²) >= 11 is 0. The third-order valence-corrected chi connectivity index (χ3v) is 5.18. The number of hydrogen-bond donors (Lipinski definition) is 0. The van der Waals surface area contributed by atoms with E-state index in [0.717, 1.165) is 11.8 Å². The summed E-state index contributed by atoms with van der Waals surface area (Å²) in [6.07, 6.45) is 2.75. The first kappa shape index (κ1) is 18.8. The van der Waals surface area contributed by atoms with Crippen LogP contribution in [-0.2, 0) is 21.2 Å². The average molecular weight is 386 g/mol. The molecule has 1 aromatic carbocycles. The Balaban J connectivity index is 1.85. The molecule has 0 radical (unpaired) electrons. The SMILES string of the molecule is Cc1ccc2nc(COC(=O)c3cc(S(C)(=O)=O)ccc3C)cc(=O)n2c1. The first-order valence-corrected chi connectivity index (χ1v) is 10.0. The summed E-state index contributed by atoms with van der Waals surface area (Å²) in [5.41, 5.74) is 2.17. The maximum atomic E-state index is 12.4. The average Bonchev–Trinajstić information content (AvgIpc) is 2.59. The van der Waals surface area contributed by atoms with E-state index in [1.807, 2.05) is 13.0 Å². The molecule has 140 valence electrons. The standard InChI is InChI=1S/C19H18N2O5S/c1-12-4-7-17-20-14(8-18(22)21(17)10-12)11-26-19(23)16-9-15(27(3,24)25)6-5-13(16)2/h4-10H,11H2,1-3H3. The number of pyridine rings is 1. The molecule has 0 amide bonds. The molecule has 2 heterocycles. The third-order valence-electron chi connectivity index (χ3n) is 4.07. The topological polar surface area (TPSA) is 94.8 Å². The third kappa shape index (κ3) is 4.06. The van der Waals surface area contributed by atoms with Gasteiger partial charge in [-0.05, 0) is 43.2 Å². The highest BCUT2D eigenvalue weighted by Crippen LogP contribution is 2.17. The van der Waals surface area contributed by atoms with Gasteiger partial charge in [0.15, 0.2) is 9.84 Å². The van der Waals surface area contributed by atoms with Gasteiger partial charge in [-0.25, -0.2) is 18.2 Å². The molecule has 2 aromatic heterocycles. The van der Waals surface area contributed by atoms with Gasteiger partial charge in [-0.2, -0.15) is 0 Å². The maximum Gasteiger partial charge on any atom is 0.338 e. The second-order valence-electron chi connectivity index (χ2n) is 6.35. The molecular formula is C19H18N2O5S. The van der Waals surface area contributed by atoms with Crippen molar-refractivity contribution in [2.24, 2.45) is 0 Å². The highest BCUT2D eigenvalue weighted by molar-refractivity contribution is 7.90.